The summed E-state index contributed by atoms with van der Waals surface area (Å²) >= 11 is 0. The molecule has 0 aromatic heterocycles. The Morgan fingerprint density at radius 2 is 0.943 bits per heavy atom. The van der Waals surface area contributed by atoms with Gasteiger partial charge in [-0.1, -0.05) is 62.3 Å². The zero-order valence-corrected chi connectivity index (χ0v) is 26.9. The molecule has 1 aliphatic rings. The molecule has 35 heavy (non-hydrogen) atoms. The molecule has 0 aromatic rings. The summed E-state index contributed by atoms with van der Waals surface area (Å²) in [6.07, 6.45) is -2.74. The van der Waals surface area contributed by atoms with Crippen LogP contribution in [-0.2, 0) is 27.7 Å². The lowest BCUT2D eigenvalue weighted by Gasteiger charge is -2.52. The molecule has 1 rings (SSSR count). The van der Waals surface area contributed by atoms with Crippen molar-refractivity contribution in [3.8, 4) is 0 Å². The highest BCUT2D eigenvalue weighted by Crippen LogP contribution is 2.39. The molecule has 8 nitrogen and oxygen atoms in total. The largest absolute Gasteiger partial charge is 0.408 e. The van der Waals surface area contributed by atoms with Crippen molar-refractivity contribution in [2.24, 2.45) is 5.90 Å². The molecule has 3 N–H and O–H groups in total. The molecule has 0 saturated carbocycles. The quantitative estimate of drug-likeness (QED) is 0.116. The number of hydrogen-bond donors (Lipinski definition) is 2. The van der Waals surface area contributed by atoms with Crippen LogP contribution in [0.2, 0.25) is 54.4 Å². The molecule has 1 heterocycles. The van der Waals surface area contributed by atoms with E-state index in [9.17, 15) is 5.26 Å². The Balaban J connectivity index is 3.68. The summed E-state index contributed by atoms with van der Waals surface area (Å²) in [7, 11) is -6.22. The highest BCUT2D eigenvalue weighted by atomic mass is 28.4. The van der Waals surface area contributed by atoms with Crippen LogP contribution in [0, 0.1) is 0 Å². The van der Waals surface area contributed by atoms with Crippen molar-refractivity contribution in [3.63, 3.8) is 0 Å². The van der Waals surface area contributed by atoms with E-state index in [0.717, 1.165) is 54.4 Å². The van der Waals surface area contributed by atoms with Gasteiger partial charge in [-0.2, -0.15) is 0 Å². The van der Waals surface area contributed by atoms with Crippen molar-refractivity contribution >= 4 is 25.0 Å². The number of nitrogens with two attached hydrogens (primary N) is 1. The van der Waals surface area contributed by atoms with E-state index in [1.807, 2.05) is 0 Å². The summed E-state index contributed by atoms with van der Waals surface area (Å²) in [5.41, 5.74) is 0. The third kappa shape index (κ3) is 7.92. The van der Waals surface area contributed by atoms with Crippen LogP contribution in [-0.4, -0.2) is 67.5 Å². The maximum atomic E-state index is 9.44. The molecule has 0 radical (unpaired) electrons. The zero-order chi connectivity index (χ0) is 26.7. The summed E-state index contributed by atoms with van der Waals surface area (Å²) in [4.78, 5) is 10.0. The topological polar surface area (TPSA) is 102 Å². The van der Waals surface area contributed by atoms with Crippen molar-refractivity contribution in [2.45, 2.75) is 147 Å². The zero-order valence-electron chi connectivity index (χ0n) is 23.9. The van der Waals surface area contributed by atoms with Gasteiger partial charge in [-0.25, -0.2) is 10.8 Å². The van der Waals surface area contributed by atoms with Crippen molar-refractivity contribution < 1.29 is 33.0 Å². The summed E-state index contributed by atoms with van der Waals surface area (Å²) in [5.74, 6) is 5.80. The molecule has 210 valence electrons. The maximum Gasteiger partial charge on any atom is 0.205 e. The number of ether oxygens (including phenoxy) is 1. The van der Waals surface area contributed by atoms with Crippen LogP contribution < -0.4 is 5.90 Å². The van der Waals surface area contributed by atoms with Gasteiger partial charge in [0, 0.05) is 0 Å². The van der Waals surface area contributed by atoms with Gasteiger partial charge in [-0.15, -0.1) is 0 Å². The van der Waals surface area contributed by atoms with Gasteiger partial charge in [0.25, 0.3) is 0 Å². The van der Waals surface area contributed by atoms with Gasteiger partial charge < -0.3 is 18.0 Å². The normalized spacial score (nSPS) is 26.3. The molecule has 5 atom stereocenters. The van der Waals surface area contributed by atoms with Gasteiger partial charge in [0.2, 0.25) is 6.29 Å². The van der Waals surface area contributed by atoms with Crippen molar-refractivity contribution in [1.82, 2.24) is 0 Å². The van der Waals surface area contributed by atoms with E-state index in [0.29, 0.717) is 0 Å². The molecule has 0 amide bonds. The first-order valence-electron chi connectivity index (χ1n) is 14.0. The second kappa shape index (κ2) is 15.7. The Kier molecular flexibility index (Phi) is 14.9. The SMILES string of the molecule is CC[Si](CC)(CC)O[C@H]1[C@@H](O[Si](CC)(CC)CC)C(COO)OC(ON)[C@@H]1O[Si](CC)(CC)CC. The Morgan fingerprint density at radius 1 is 0.600 bits per heavy atom. The summed E-state index contributed by atoms with van der Waals surface area (Å²) in [5, 5.41) is 9.44. The van der Waals surface area contributed by atoms with Gasteiger partial charge in [0.1, 0.15) is 31.0 Å². The summed E-state index contributed by atoms with van der Waals surface area (Å²) in [6.45, 7) is 19.9. The van der Waals surface area contributed by atoms with Gasteiger partial charge in [0.05, 0.1) is 0 Å². The van der Waals surface area contributed by atoms with Crippen LogP contribution in [0.1, 0.15) is 62.3 Å². The molecule has 2 unspecified atom stereocenters. The number of rotatable bonds is 18. The van der Waals surface area contributed by atoms with Crippen molar-refractivity contribution in [2.75, 3.05) is 6.61 Å². The van der Waals surface area contributed by atoms with Crippen LogP contribution in [0.25, 0.3) is 0 Å². The van der Waals surface area contributed by atoms with Gasteiger partial charge >= 0.3 is 0 Å². The molecule has 1 saturated heterocycles. The van der Waals surface area contributed by atoms with Crippen molar-refractivity contribution in [1.29, 1.82) is 0 Å². The minimum Gasteiger partial charge on any atom is -0.408 e. The molecule has 1 fully saturated rings. The standard InChI is InChI=1S/C24H55NO7Si3/c1-10-33(11-2,12-3)30-21-20(19-27-26)28-24(29-25)23(32-35(16-7,17-8)18-9)22(21)31-34(13-4,14-5)15-6/h20-24,26H,10-19,25H2,1-9H3/t20?,21-,22-,23+,24?/m0/s1. The fourth-order valence-corrected chi connectivity index (χ4v) is 14.0. The van der Waals surface area contributed by atoms with Crippen LogP contribution in [0.3, 0.4) is 0 Å². The molecular formula is C24H55NO7Si3. The molecular weight excluding hydrogens is 499 g/mol. The van der Waals surface area contributed by atoms with Gasteiger partial charge in [-0.3, -0.25) is 10.1 Å². The predicted octanol–water partition coefficient (Wildman–Crippen LogP) is 6.26. The molecule has 0 spiro atoms. The molecule has 0 aliphatic carbocycles. The van der Waals surface area contributed by atoms with Crippen molar-refractivity contribution in [3.05, 3.63) is 0 Å². The second-order valence-electron chi connectivity index (χ2n) is 9.95. The lowest BCUT2D eigenvalue weighted by atomic mass is 9.99. The fraction of sp³-hybridized carbons (Fsp3) is 1.00. The lowest BCUT2D eigenvalue weighted by molar-refractivity contribution is -0.326. The van der Waals surface area contributed by atoms with E-state index in [1.54, 1.807) is 0 Å². The third-order valence-electron chi connectivity index (χ3n) is 8.92. The minimum atomic E-state index is -2.08. The van der Waals surface area contributed by atoms with Crippen LogP contribution >= 0.6 is 0 Å². The van der Waals surface area contributed by atoms with Crippen LogP contribution in [0.4, 0.5) is 0 Å². The van der Waals surface area contributed by atoms with Gasteiger partial charge in [0.15, 0.2) is 25.0 Å². The lowest BCUT2D eigenvalue weighted by Crippen LogP contribution is -2.68. The Morgan fingerprint density at radius 3 is 1.26 bits per heavy atom. The van der Waals surface area contributed by atoms with E-state index >= 15 is 0 Å². The first-order valence-corrected chi connectivity index (χ1v) is 21.6. The first-order chi connectivity index (χ1) is 16.7. The smallest absolute Gasteiger partial charge is 0.205 e. The maximum absolute atomic E-state index is 9.44. The Hall–Kier alpha value is 0.331. The average molecular weight is 554 g/mol. The Bertz CT molecular complexity index is 553. The fourth-order valence-electron chi connectivity index (χ4n) is 5.46. The molecule has 1 aliphatic heterocycles. The Labute approximate surface area is 217 Å². The van der Waals surface area contributed by atoms with E-state index < -0.39 is 55.7 Å². The van der Waals surface area contributed by atoms with E-state index in [1.165, 1.54) is 0 Å². The monoisotopic (exact) mass is 553 g/mol. The number of hydrogen-bond acceptors (Lipinski definition) is 8. The van der Waals surface area contributed by atoms with E-state index in [-0.39, 0.29) is 6.61 Å². The summed E-state index contributed by atoms with van der Waals surface area (Å²) in [6, 6.07) is 8.96. The van der Waals surface area contributed by atoms with Crippen LogP contribution in [0.5, 0.6) is 0 Å². The third-order valence-corrected chi connectivity index (χ3v) is 22.8. The second-order valence-corrected chi connectivity index (χ2v) is 24.1. The van der Waals surface area contributed by atoms with Gasteiger partial charge in [-0.05, 0) is 54.4 Å². The van der Waals surface area contributed by atoms with E-state index in [2.05, 4.69) is 67.2 Å². The highest BCUT2D eigenvalue weighted by molar-refractivity contribution is 6.74. The van der Waals surface area contributed by atoms with E-state index in [4.69, 9.17) is 28.7 Å². The predicted molar refractivity (Wildman–Crippen MR) is 149 cm³/mol. The minimum absolute atomic E-state index is 0.0461. The highest BCUT2D eigenvalue weighted by Gasteiger charge is 2.54. The first kappa shape index (κ1) is 33.4. The molecule has 11 heteroatoms. The summed E-state index contributed by atoms with van der Waals surface area (Å²) < 4.78 is 27.6. The average Bonchev–Trinajstić information content (AvgIpc) is 2.91. The van der Waals surface area contributed by atoms with Crippen LogP contribution in [0.15, 0.2) is 0 Å². The molecule has 0 aromatic carbocycles. The molecule has 0 bridgehead atoms.